The largest absolute Gasteiger partial charge is 0.309 e. The van der Waals surface area contributed by atoms with Crippen molar-refractivity contribution < 1.29 is 0 Å². The van der Waals surface area contributed by atoms with Gasteiger partial charge in [0.25, 0.3) is 0 Å². The van der Waals surface area contributed by atoms with Gasteiger partial charge in [-0.1, -0.05) is 133 Å². The second kappa shape index (κ2) is 11.4. The third-order valence-electron chi connectivity index (χ3n) is 9.74. The Morgan fingerprint density at radius 1 is 0.340 bits per heavy atom. The van der Waals surface area contributed by atoms with Gasteiger partial charge in [-0.25, -0.2) is 4.98 Å². The number of para-hydroxylation sites is 4. The summed E-state index contributed by atoms with van der Waals surface area (Å²) in [7, 11) is 0. The molecular weight excluding hydrogens is 609 g/mol. The Kier molecular flexibility index (Phi) is 6.46. The van der Waals surface area contributed by atoms with E-state index in [4.69, 9.17) is 9.97 Å². The van der Waals surface area contributed by atoms with E-state index in [0.29, 0.717) is 0 Å². The quantitative estimate of drug-likeness (QED) is 0.188. The summed E-state index contributed by atoms with van der Waals surface area (Å²) in [4.78, 5) is 10.5. The van der Waals surface area contributed by atoms with E-state index in [1.165, 1.54) is 21.5 Å². The minimum Gasteiger partial charge on any atom is -0.309 e. The standard InChI is InChI=1S/C46H30N4/c1-3-15-31(16-4-1)40-30-47-45(32-17-5-2-6-18-32)46(48-40)33-27-34(49-41-23-11-7-19-36(41)37-20-8-12-24-42(37)49)29-35(28-33)50-43-25-13-9-21-38(43)39-22-10-14-26-44(39)50/h1-30H. The highest BCUT2D eigenvalue weighted by molar-refractivity contribution is 6.10. The first-order valence-electron chi connectivity index (χ1n) is 16.9. The van der Waals surface area contributed by atoms with Crippen molar-refractivity contribution in [1.29, 1.82) is 0 Å². The van der Waals surface area contributed by atoms with Gasteiger partial charge in [0.2, 0.25) is 0 Å². The summed E-state index contributed by atoms with van der Waals surface area (Å²) in [6.07, 6.45) is 1.89. The molecule has 3 aromatic heterocycles. The van der Waals surface area contributed by atoms with E-state index >= 15 is 0 Å². The topological polar surface area (TPSA) is 35.6 Å². The van der Waals surface area contributed by atoms with Crippen LogP contribution in [0.2, 0.25) is 0 Å². The first kappa shape index (κ1) is 28.3. The summed E-state index contributed by atoms with van der Waals surface area (Å²) in [6.45, 7) is 0. The SMILES string of the molecule is c1ccc(-c2cnc(-c3ccccc3)c(-c3cc(-n4c5ccccc5c5ccccc54)cc(-n4c5ccccc5c5ccccc54)c3)n2)cc1. The summed E-state index contributed by atoms with van der Waals surface area (Å²) < 4.78 is 4.78. The molecule has 10 rings (SSSR count). The van der Waals surface area contributed by atoms with Crippen molar-refractivity contribution in [3.8, 4) is 45.1 Å². The lowest BCUT2D eigenvalue weighted by Crippen LogP contribution is -2.02. The predicted octanol–water partition coefficient (Wildman–Crippen LogP) is 11.7. The smallest absolute Gasteiger partial charge is 0.0974 e. The molecule has 0 saturated carbocycles. The van der Waals surface area contributed by atoms with Crippen LogP contribution in [0.15, 0.2) is 182 Å². The molecule has 0 atom stereocenters. The highest BCUT2D eigenvalue weighted by atomic mass is 15.0. The molecule has 0 spiro atoms. The van der Waals surface area contributed by atoms with Crippen molar-refractivity contribution in [2.45, 2.75) is 0 Å². The molecule has 0 N–H and O–H groups in total. The molecular formula is C46H30N4. The van der Waals surface area contributed by atoms with Crippen LogP contribution in [0.1, 0.15) is 0 Å². The van der Waals surface area contributed by atoms with Crippen LogP contribution in [-0.2, 0) is 0 Å². The van der Waals surface area contributed by atoms with Crippen LogP contribution in [0, 0.1) is 0 Å². The van der Waals surface area contributed by atoms with Crippen LogP contribution in [0.3, 0.4) is 0 Å². The molecule has 0 aliphatic carbocycles. The molecule has 0 fully saturated rings. The Hall–Kier alpha value is -6.78. The highest BCUT2D eigenvalue weighted by Crippen LogP contribution is 2.39. The molecule has 3 heterocycles. The van der Waals surface area contributed by atoms with Crippen molar-refractivity contribution in [3.05, 3.63) is 182 Å². The van der Waals surface area contributed by atoms with E-state index in [0.717, 1.165) is 67.2 Å². The highest BCUT2D eigenvalue weighted by Gasteiger charge is 2.20. The van der Waals surface area contributed by atoms with Crippen LogP contribution in [-0.4, -0.2) is 19.1 Å². The Labute approximate surface area is 289 Å². The predicted molar refractivity (Wildman–Crippen MR) is 207 cm³/mol. The van der Waals surface area contributed by atoms with Crippen LogP contribution < -0.4 is 0 Å². The first-order chi connectivity index (χ1) is 24.8. The van der Waals surface area contributed by atoms with Crippen LogP contribution in [0.5, 0.6) is 0 Å². The van der Waals surface area contributed by atoms with E-state index in [2.05, 4.69) is 161 Å². The van der Waals surface area contributed by atoms with Crippen molar-refractivity contribution in [3.63, 3.8) is 0 Å². The fraction of sp³-hybridized carbons (Fsp3) is 0. The molecule has 7 aromatic carbocycles. The van der Waals surface area contributed by atoms with Crippen molar-refractivity contribution in [2.75, 3.05) is 0 Å². The van der Waals surface area contributed by atoms with Gasteiger partial charge in [0.15, 0.2) is 0 Å². The molecule has 0 radical (unpaired) electrons. The first-order valence-corrected chi connectivity index (χ1v) is 16.9. The summed E-state index contributed by atoms with van der Waals surface area (Å²) in [6, 6.07) is 62.3. The minimum absolute atomic E-state index is 0.834. The number of hydrogen-bond acceptors (Lipinski definition) is 2. The average molecular weight is 639 g/mol. The lowest BCUT2D eigenvalue weighted by Gasteiger charge is -2.17. The van der Waals surface area contributed by atoms with E-state index in [-0.39, 0.29) is 0 Å². The Bertz CT molecular complexity index is 2630. The lowest BCUT2D eigenvalue weighted by atomic mass is 10.0. The zero-order chi connectivity index (χ0) is 33.0. The van der Waals surface area contributed by atoms with Crippen molar-refractivity contribution >= 4 is 43.6 Å². The average Bonchev–Trinajstić information content (AvgIpc) is 3.71. The molecule has 0 aliphatic heterocycles. The number of rotatable bonds is 5. The molecule has 0 aliphatic rings. The molecule has 10 aromatic rings. The van der Waals surface area contributed by atoms with Gasteiger partial charge in [0, 0.05) is 49.6 Å². The van der Waals surface area contributed by atoms with Gasteiger partial charge in [0.1, 0.15) is 0 Å². The second-order valence-corrected chi connectivity index (χ2v) is 12.7. The Morgan fingerprint density at radius 3 is 1.20 bits per heavy atom. The van der Waals surface area contributed by atoms with E-state index in [1.807, 2.05) is 30.5 Å². The fourth-order valence-electron chi connectivity index (χ4n) is 7.54. The summed E-state index contributed by atoms with van der Waals surface area (Å²) in [5.41, 5.74) is 12.3. The van der Waals surface area contributed by atoms with E-state index in [1.54, 1.807) is 0 Å². The van der Waals surface area contributed by atoms with Gasteiger partial charge in [-0.3, -0.25) is 4.98 Å². The van der Waals surface area contributed by atoms with E-state index in [9.17, 15) is 0 Å². The summed E-state index contributed by atoms with van der Waals surface area (Å²) in [5.74, 6) is 0. The van der Waals surface area contributed by atoms with Crippen LogP contribution in [0.25, 0.3) is 88.8 Å². The van der Waals surface area contributed by atoms with Gasteiger partial charge in [-0.15, -0.1) is 0 Å². The lowest BCUT2D eigenvalue weighted by molar-refractivity contribution is 1.13. The zero-order valence-corrected chi connectivity index (χ0v) is 27.1. The normalized spacial score (nSPS) is 11.6. The maximum atomic E-state index is 5.40. The molecule has 0 saturated heterocycles. The van der Waals surface area contributed by atoms with E-state index < -0.39 is 0 Å². The van der Waals surface area contributed by atoms with Crippen LogP contribution >= 0.6 is 0 Å². The third kappa shape index (κ3) is 4.46. The molecule has 0 bridgehead atoms. The van der Waals surface area contributed by atoms with Gasteiger partial charge in [0.05, 0.1) is 45.3 Å². The molecule has 0 unspecified atom stereocenters. The molecule has 4 nitrogen and oxygen atoms in total. The maximum Gasteiger partial charge on any atom is 0.0974 e. The van der Waals surface area contributed by atoms with Gasteiger partial charge in [-0.2, -0.15) is 0 Å². The maximum absolute atomic E-state index is 5.40. The number of benzene rings is 7. The number of fused-ring (bicyclic) bond motifs is 6. The molecule has 234 valence electrons. The minimum atomic E-state index is 0.834. The number of aromatic nitrogens is 4. The van der Waals surface area contributed by atoms with Gasteiger partial charge in [-0.05, 0) is 42.5 Å². The molecule has 4 heteroatoms. The number of nitrogens with zero attached hydrogens (tertiary/aromatic N) is 4. The molecule has 0 amide bonds. The Balaban J connectivity index is 1.33. The van der Waals surface area contributed by atoms with Crippen molar-refractivity contribution in [2.24, 2.45) is 0 Å². The number of hydrogen-bond donors (Lipinski definition) is 0. The van der Waals surface area contributed by atoms with Gasteiger partial charge < -0.3 is 9.13 Å². The Morgan fingerprint density at radius 2 is 0.740 bits per heavy atom. The second-order valence-electron chi connectivity index (χ2n) is 12.7. The monoisotopic (exact) mass is 638 g/mol. The summed E-state index contributed by atoms with van der Waals surface area (Å²) in [5, 5.41) is 4.90. The van der Waals surface area contributed by atoms with Crippen LogP contribution in [0.4, 0.5) is 0 Å². The zero-order valence-electron chi connectivity index (χ0n) is 27.1. The molecule has 50 heavy (non-hydrogen) atoms. The van der Waals surface area contributed by atoms with Gasteiger partial charge >= 0.3 is 0 Å². The van der Waals surface area contributed by atoms with Crippen molar-refractivity contribution in [1.82, 2.24) is 19.1 Å². The summed E-state index contributed by atoms with van der Waals surface area (Å²) >= 11 is 0. The fourth-order valence-corrected chi connectivity index (χ4v) is 7.54. The third-order valence-corrected chi connectivity index (χ3v) is 9.74.